The summed E-state index contributed by atoms with van der Waals surface area (Å²) in [6, 6.07) is 7.40. The Morgan fingerprint density at radius 2 is 2.28 bits per heavy atom. The molecule has 5 nitrogen and oxygen atoms in total. The Kier molecular flexibility index (Phi) is 2.48. The number of benzene rings is 1. The van der Waals surface area contributed by atoms with Crippen LogP contribution >= 0.6 is 11.6 Å². The summed E-state index contributed by atoms with van der Waals surface area (Å²) in [6.45, 7) is 2.34. The molecule has 2 N–H and O–H groups in total. The minimum atomic E-state index is 0.409. The highest BCUT2D eigenvalue weighted by Gasteiger charge is 2.13. The molecule has 3 rings (SSSR count). The first-order chi connectivity index (χ1) is 8.65. The first kappa shape index (κ1) is 11.1. The number of nitrogens with two attached hydrogens (primary N) is 1. The van der Waals surface area contributed by atoms with Crippen molar-refractivity contribution in [3.05, 3.63) is 40.7 Å². The quantitative estimate of drug-likeness (QED) is 0.771. The zero-order valence-corrected chi connectivity index (χ0v) is 10.5. The number of hydrogen-bond acceptors (Lipinski definition) is 4. The van der Waals surface area contributed by atoms with E-state index in [-0.39, 0.29) is 0 Å². The topological polar surface area (TPSA) is 69.9 Å². The van der Waals surface area contributed by atoms with Crippen LogP contribution in [0.4, 0.5) is 5.95 Å². The molecule has 0 spiro atoms. The van der Waals surface area contributed by atoms with E-state index >= 15 is 0 Å². The van der Waals surface area contributed by atoms with Crippen molar-refractivity contribution in [1.82, 2.24) is 14.7 Å². The summed E-state index contributed by atoms with van der Waals surface area (Å²) in [4.78, 5) is 4.27. The average Bonchev–Trinajstić information content (AvgIpc) is 2.85. The zero-order valence-electron chi connectivity index (χ0n) is 9.72. The van der Waals surface area contributed by atoms with Gasteiger partial charge in [-0.2, -0.15) is 0 Å². The highest BCUT2D eigenvalue weighted by atomic mass is 35.5. The normalized spacial score (nSPS) is 11.2. The lowest BCUT2D eigenvalue weighted by atomic mass is 10.3. The fourth-order valence-corrected chi connectivity index (χ4v) is 2.24. The molecule has 6 heteroatoms. The number of nitrogens with zero attached hydrogens (tertiary/aromatic N) is 3. The molecule has 2 heterocycles. The van der Waals surface area contributed by atoms with Crippen molar-refractivity contribution in [2.75, 3.05) is 5.73 Å². The number of aromatic nitrogens is 3. The molecule has 0 aliphatic heterocycles. The maximum absolute atomic E-state index is 6.18. The molecule has 2 aromatic heterocycles. The first-order valence-corrected chi connectivity index (χ1v) is 5.85. The minimum Gasteiger partial charge on any atom is -0.369 e. The van der Waals surface area contributed by atoms with Gasteiger partial charge in [-0.25, -0.2) is 4.98 Å². The van der Waals surface area contributed by atoms with Gasteiger partial charge in [0.05, 0.1) is 28.3 Å². The first-order valence-electron chi connectivity index (χ1n) is 5.47. The van der Waals surface area contributed by atoms with E-state index in [0.29, 0.717) is 17.5 Å². The van der Waals surface area contributed by atoms with Gasteiger partial charge >= 0.3 is 0 Å². The van der Waals surface area contributed by atoms with Crippen LogP contribution in [0, 0.1) is 6.92 Å². The maximum Gasteiger partial charge on any atom is 0.201 e. The molecule has 0 saturated heterocycles. The summed E-state index contributed by atoms with van der Waals surface area (Å²) in [5.74, 6) is 1.13. The lowest BCUT2D eigenvalue weighted by molar-refractivity contribution is 0.374. The SMILES string of the molecule is Cc1cc(Cn2c(N)nc3cccc(Cl)c32)on1. The van der Waals surface area contributed by atoms with E-state index in [4.69, 9.17) is 21.9 Å². The number of para-hydroxylation sites is 1. The third-order valence-corrected chi connectivity index (χ3v) is 3.04. The van der Waals surface area contributed by atoms with Crippen molar-refractivity contribution in [3.63, 3.8) is 0 Å². The van der Waals surface area contributed by atoms with Gasteiger partial charge in [0.25, 0.3) is 0 Å². The maximum atomic E-state index is 6.18. The molecule has 0 unspecified atom stereocenters. The molecule has 0 bridgehead atoms. The van der Waals surface area contributed by atoms with Crippen LogP contribution in [-0.4, -0.2) is 14.7 Å². The van der Waals surface area contributed by atoms with Gasteiger partial charge in [0.15, 0.2) is 5.76 Å². The van der Waals surface area contributed by atoms with Crippen LogP contribution in [0.3, 0.4) is 0 Å². The van der Waals surface area contributed by atoms with Gasteiger partial charge in [-0.05, 0) is 19.1 Å². The molecule has 0 aliphatic carbocycles. The fraction of sp³-hybridized carbons (Fsp3) is 0.167. The molecular formula is C12H11ClN4O. The molecule has 0 radical (unpaired) electrons. The van der Waals surface area contributed by atoms with Gasteiger partial charge in [-0.15, -0.1) is 0 Å². The van der Waals surface area contributed by atoms with E-state index in [2.05, 4.69) is 10.1 Å². The number of rotatable bonds is 2. The van der Waals surface area contributed by atoms with Crippen molar-refractivity contribution in [2.45, 2.75) is 13.5 Å². The number of nitrogen functional groups attached to an aromatic ring is 1. The Bertz CT molecular complexity index is 716. The van der Waals surface area contributed by atoms with Crippen LogP contribution < -0.4 is 5.73 Å². The second-order valence-corrected chi connectivity index (χ2v) is 4.51. The molecule has 0 aliphatic rings. The number of anilines is 1. The molecular weight excluding hydrogens is 252 g/mol. The van der Waals surface area contributed by atoms with E-state index < -0.39 is 0 Å². The van der Waals surface area contributed by atoms with Crippen molar-refractivity contribution < 1.29 is 4.52 Å². The van der Waals surface area contributed by atoms with Gasteiger partial charge in [0.2, 0.25) is 5.95 Å². The number of halogens is 1. The molecule has 18 heavy (non-hydrogen) atoms. The Morgan fingerprint density at radius 1 is 1.44 bits per heavy atom. The third-order valence-electron chi connectivity index (χ3n) is 2.74. The van der Waals surface area contributed by atoms with Gasteiger partial charge in [0, 0.05) is 6.07 Å². The smallest absolute Gasteiger partial charge is 0.201 e. The fourth-order valence-electron chi connectivity index (χ4n) is 1.97. The summed E-state index contributed by atoms with van der Waals surface area (Å²) in [5.41, 5.74) is 8.33. The molecule has 92 valence electrons. The Labute approximate surface area is 108 Å². The molecule has 3 aromatic rings. The van der Waals surface area contributed by atoms with Crippen LogP contribution in [0.5, 0.6) is 0 Å². The van der Waals surface area contributed by atoms with E-state index in [0.717, 1.165) is 22.5 Å². The Balaban J connectivity index is 2.13. The standard InChI is InChI=1S/C12H11ClN4O/c1-7-5-8(18-16-7)6-17-11-9(13)3-2-4-10(11)15-12(17)14/h2-5H,6H2,1H3,(H2,14,15). The monoisotopic (exact) mass is 262 g/mol. The van der Waals surface area contributed by atoms with Gasteiger partial charge in [-0.1, -0.05) is 22.8 Å². The Morgan fingerprint density at radius 3 is 3.00 bits per heavy atom. The highest BCUT2D eigenvalue weighted by molar-refractivity contribution is 6.35. The number of aryl methyl sites for hydroxylation is 1. The summed E-state index contributed by atoms with van der Waals surface area (Å²) in [5, 5.41) is 4.47. The van der Waals surface area contributed by atoms with Crippen molar-refractivity contribution in [2.24, 2.45) is 0 Å². The summed E-state index contributed by atoms with van der Waals surface area (Å²) < 4.78 is 7.00. The van der Waals surface area contributed by atoms with Crippen molar-refractivity contribution in [1.29, 1.82) is 0 Å². The van der Waals surface area contributed by atoms with Gasteiger partial charge < -0.3 is 14.8 Å². The number of fused-ring (bicyclic) bond motifs is 1. The third kappa shape index (κ3) is 1.73. The predicted molar refractivity (Wildman–Crippen MR) is 69.5 cm³/mol. The van der Waals surface area contributed by atoms with E-state index in [1.165, 1.54) is 0 Å². The van der Waals surface area contributed by atoms with Crippen molar-refractivity contribution >= 4 is 28.6 Å². The predicted octanol–water partition coefficient (Wildman–Crippen LogP) is 2.62. The largest absolute Gasteiger partial charge is 0.369 e. The number of hydrogen-bond donors (Lipinski definition) is 1. The summed E-state index contributed by atoms with van der Waals surface area (Å²) in [6.07, 6.45) is 0. The van der Waals surface area contributed by atoms with Crippen LogP contribution in [-0.2, 0) is 6.54 Å². The van der Waals surface area contributed by atoms with Gasteiger partial charge in [0.1, 0.15) is 0 Å². The van der Waals surface area contributed by atoms with Crippen LogP contribution in [0.25, 0.3) is 11.0 Å². The van der Waals surface area contributed by atoms with E-state index in [1.807, 2.05) is 35.8 Å². The molecule has 0 fully saturated rings. The minimum absolute atomic E-state index is 0.409. The zero-order chi connectivity index (χ0) is 12.7. The Hall–Kier alpha value is -2.01. The molecule has 0 saturated carbocycles. The molecule has 0 amide bonds. The van der Waals surface area contributed by atoms with Crippen LogP contribution in [0.15, 0.2) is 28.8 Å². The highest BCUT2D eigenvalue weighted by Crippen LogP contribution is 2.26. The summed E-state index contributed by atoms with van der Waals surface area (Å²) >= 11 is 6.18. The average molecular weight is 263 g/mol. The second-order valence-electron chi connectivity index (χ2n) is 4.10. The van der Waals surface area contributed by atoms with E-state index in [1.54, 1.807) is 0 Å². The van der Waals surface area contributed by atoms with Crippen LogP contribution in [0.2, 0.25) is 5.02 Å². The number of imidazole rings is 1. The molecule has 1 aromatic carbocycles. The second kappa shape index (κ2) is 4.03. The van der Waals surface area contributed by atoms with E-state index in [9.17, 15) is 0 Å². The summed E-state index contributed by atoms with van der Waals surface area (Å²) in [7, 11) is 0. The van der Waals surface area contributed by atoms with Gasteiger partial charge in [-0.3, -0.25) is 0 Å². The van der Waals surface area contributed by atoms with Crippen molar-refractivity contribution in [3.8, 4) is 0 Å². The lowest BCUT2D eigenvalue weighted by Crippen LogP contribution is -2.04. The molecule has 0 atom stereocenters. The lowest BCUT2D eigenvalue weighted by Gasteiger charge is -2.04. The van der Waals surface area contributed by atoms with Crippen LogP contribution in [0.1, 0.15) is 11.5 Å².